The molecule has 0 radical (unpaired) electrons. The molecule has 2 aromatic rings. The first-order valence-corrected chi connectivity index (χ1v) is 8.33. The molecule has 1 atom stereocenters. The summed E-state index contributed by atoms with van der Waals surface area (Å²) >= 11 is 0. The van der Waals surface area contributed by atoms with Crippen LogP contribution in [-0.2, 0) is 6.54 Å². The van der Waals surface area contributed by atoms with Crippen LogP contribution >= 0.6 is 24.0 Å². The molecule has 0 saturated carbocycles. The molecule has 0 fully saturated rings. The normalized spacial score (nSPS) is 12.5. The minimum atomic E-state index is 0. The Bertz CT molecular complexity index is 692. The number of aliphatic imine (C=N–C) groups is 1. The second-order valence-electron chi connectivity index (χ2n) is 6.35. The highest BCUT2D eigenvalue weighted by atomic mass is 127. The van der Waals surface area contributed by atoms with E-state index in [1.54, 1.807) is 0 Å². The van der Waals surface area contributed by atoms with Gasteiger partial charge in [0.15, 0.2) is 5.96 Å². The molecule has 0 saturated heterocycles. The molecule has 0 bridgehead atoms. The quantitative estimate of drug-likeness (QED) is 0.420. The Balaban J connectivity index is 0.00000312. The first-order chi connectivity index (χ1) is 11.4. The monoisotopic (exact) mass is 456 g/mol. The maximum absolute atomic E-state index is 5.27. The summed E-state index contributed by atoms with van der Waals surface area (Å²) in [7, 11) is 3.87. The third-order valence-electron chi connectivity index (χ3n) is 4.39. The van der Waals surface area contributed by atoms with Gasteiger partial charge in [0.1, 0.15) is 5.76 Å². The molecule has 5 nitrogen and oxygen atoms in total. The van der Waals surface area contributed by atoms with Crippen LogP contribution in [0.4, 0.5) is 0 Å². The zero-order chi connectivity index (χ0) is 17.7. The lowest BCUT2D eigenvalue weighted by molar-refractivity contribution is 0.391. The number of hydrogen-bond acceptors (Lipinski definition) is 3. The lowest BCUT2D eigenvalue weighted by Crippen LogP contribution is -2.40. The van der Waals surface area contributed by atoms with Gasteiger partial charge >= 0.3 is 0 Å². The Hall–Kier alpha value is -1.57. The van der Waals surface area contributed by atoms with E-state index in [2.05, 4.69) is 65.5 Å². The van der Waals surface area contributed by atoms with Crippen LogP contribution < -0.4 is 5.32 Å². The number of benzene rings is 1. The van der Waals surface area contributed by atoms with Gasteiger partial charge in [-0.2, -0.15) is 0 Å². The van der Waals surface area contributed by atoms with Crippen LogP contribution in [0.1, 0.15) is 41.0 Å². The van der Waals surface area contributed by atoms with Crippen LogP contribution in [0.5, 0.6) is 0 Å². The van der Waals surface area contributed by atoms with E-state index in [9.17, 15) is 0 Å². The topological polar surface area (TPSA) is 53.7 Å². The van der Waals surface area contributed by atoms with Crippen molar-refractivity contribution in [2.45, 2.75) is 40.2 Å². The predicted octanol–water partition coefficient (Wildman–Crippen LogP) is 4.03. The van der Waals surface area contributed by atoms with Crippen LogP contribution in [-0.4, -0.2) is 36.7 Å². The molecule has 1 aromatic heterocycles. The number of rotatable bonds is 5. The first kappa shape index (κ1) is 21.5. The number of nitrogens with zero attached hydrogens (tertiary/aromatic N) is 3. The Morgan fingerprint density at radius 3 is 2.52 bits per heavy atom. The van der Waals surface area contributed by atoms with E-state index in [4.69, 9.17) is 4.52 Å². The van der Waals surface area contributed by atoms with Crippen LogP contribution in [0, 0.1) is 20.8 Å². The second-order valence-corrected chi connectivity index (χ2v) is 6.35. The molecule has 0 aliphatic rings. The van der Waals surface area contributed by atoms with Gasteiger partial charge in [-0.15, -0.1) is 24.0 Å². The van der Waals surface area contributed by atoms with Crippen molar-refractivity contribution in [3.8, 4) is 0 Å². The average Bonchev–Trinajstić information content (AvgIpc) is 2.89. The highest BCUT2D eigenvalue weighted by Gasteiger charge is 2.17. The van der Waals surface area contributed by atoms with Gasteiger partial charge in [-0.1, -0.05) is 36.3 Å². The number of guanidine groups is 1. The highest BCUT2D eigenvalue weighted by molar-refractivity contribution is 14.0. The summed E-state index contributed by atoms with van der Waals surface area (Å²) in [5.74, 6) is 2.08. The molecular formula is C19H29IN4O. The number of nitrogens with one attached hydrogen (secondary N) is 1. The van der Waals surface area contributed by atoms with Gasteiger partial charge in [-0.3, -0.25) is 4.99 Å². The van der Waals surface area contributed by atoms with Crippen molar-refractivity contribution in [3.63, 3.8) is 0 Å². The minimum absolute atomic E-state index is 0. The van der Waals surface area contributed by atoms with E-state index < -0.39 is 0 Å². The molecule has 6 heteroatoms. The van der Waals surface area contributed by atoms with Crippen LogP contribution in [0.2, 0.25) is 0 Å². The Morgan fingerprint density at radius 1 is 1.28 bits per heavy atom. The molecule has 0 spiro atoms. The molecule has 1 unspecified atom stereocenters. The van der Waals surface area contributed by atoms with Crippen molar-refractivity contribution < 1.29 is 4.52 Å². The van der Waals surface area contributed by atoms with Gasteiger partial charge in [0.25, 0.3) is 0 Å². The van der Waals surface area contributed by atoms with Gasteiger partial charge in [0.2, 0.25) is 0 Å². The Labute approximate surface area is 167 Å². The van der Waals surface area contributed by atoms with Gasteiger partial charge in [0, 0.05) is 38.7 Å². The Morgan fingerprint density at radius 2 is 1.96 bits per heavy atom. The van der Waals surface area contributed by atoms with Gasteiger partial charge < -0.3 is 14.7 Å². The maximum Gasteiger partial charge on any atom is 0.193 e. The molecule has 1 heterocycles. The molecule has 138 valence electrons. The SMILES string of the molecule is CN=C(NCC(C)c1c(C)noc1C)N(C)Cc1ccccc1C.I. The van der Waals surface area contributed by atoms with Crippen molar-refractivity contribution in [1.82, 2.24) is 15.4 Å². The molecule has 25 heavy (non-hydrogen) atoms. The van der Waals surface area contributed by atoms with Crippen molar-refractivity contribution >= 4 is 29.9 Å². The van der Waals surface area contributed by atoms with Crippen LogP contribution in [0.15, 0.2) is 33.8 Å². The van der Waals surface area contributed by atoms with Gasteiger partial charge in [0.05, 0.1) is 5.69 Å². The fourth-order valence-corrected chi connectivity index (χ4v) is 3.04. The number of aryl methyl sites for hydroxylation is 3. The van der Waals surface area contributed by atoms with E-state index >= 15 is 0 Å². The molecule has 1 N–H and O–H groups in total. The molecule has 0 aliphatic heterocycles. The average molecular weight is 456 g/mol. The third-order valence-corrected chi connectivity index (χ3v) is 4.39. The van der Waals surface area contributed by atoms with E-state index in [0.717, 1.165) is 30.5 Å². The highest BCUT2D eigenvalue weighted by Crippen LogP contribution is 2.22. The molecule has 2 rings (SSSR count). The van der Waals surface area contributed by atoms with Crippen molar-refractivity contribution in [3.05, 3.63) is 52.4 Å². The minimum Gasteiger partial charge on any atom is -0.361 e. The second kappa shape index (κ2) is 9.79. The zero-order valence-electron chi connectivity index (χ0n) is 16.0. The number of aromatic nitrogens is 1. The zero-order valence-corrected chi connectivity index (χ0v) is 18.3. The third kappa shape index (κ3) is 5.45. The van der Waals surface area contributed by atoms with Crippen LogP contribution in [0.3, 0.4) is 0 Å². The fourth-order valence-electron chi connectivity index (χ4n) is 3.04. The molecule has 0 amide bonds. The summed E-state index contributed by atoms with van der Waals surface area (Å²) in [6.45, 7) is 9.87. The largest absolute Gasteiger partial charge is 0.361 e. The summed E-state index contributed by atoms with van der Waals surface area (Å²) < 4.78 is 5.27. The fraction of sp³-hybridized carbons (Fsp3) is 0.474. The summed E-state index contributed by atoms with van der Waals surface area (Å²) in [5.41, 5.74) is 4.75. The van der Waals surface area contributed by atoms with E-state index in [1.807, 2.05) is 20.9 Å². The predicted molar refractivity (Wildman–Crippen MR) is 114 cm³/mol. The summed E-state index contributed by atoms with van der Waals surface area (Å²) in [6, 6.07) is 8.44. The van der Waals surface area contributed by atoms with Crippen molar-refractivity contribution in [1.29, 1.82) is 0 Å². The smallest absolute Gasteiger partial charge is 0.193 e. The van der Waals surface area contributed by atoms with Crippen LogP contribution in [0.25, 0.3) is 0 Å². The molecule has 0 aliphatic carbocycles. The van der Waals surface area contributed by atoms with E-state index in [0.29, 0.717) is 5.92 Å². The lowest BCUT2D eigenvalue weighted by atomic mass is 10.00. The lowest BCUT2D eigenvalue weighted by Gasteiger charge is -2.24. The van der Waals surface area contributed by atoms with Crippen molar-refractivity contribution in [2.75, 3.05) is 20.6 Å². The standard InChI is InChI=1S/C19H28N4O.HI/c1-13-9-7-8-10-17(13)12-23(6)19(20-5)21-11-14(2)18-15(3)22-24-16(18)4;/h7-10,14H,11-12H2,1-6H3,(H,20,21);1H. The Kier molecular flexibility index (Phi) is 8.41. The maximum atomic E-state index is 5.27. The summed E-state index contributed by atoms with van der Waals surface area (Å²) in [4.78, 5) is 6.55. The summed E-state index contributed by atoms with van der Waals surface area (Å²) in [6.07, 6.45) is 0. The number of hydrogen-bond donors (Lipinski definition) is 1. The van der Waals surface area contributed by atoms with Gasteiger partial charge in [-0.25, -0.2) is 0 Å². The molecular weight excluding hydrogens is 427 g/mol. The van der Waals surface area contributed by atoms with Gasteiger partial charge in [-0.05, 0) is 31.9 Å². The van der Waals surface area contributed by atoms with E-state index in [1.165, 1.54) is 16.7 Å². The molecule has 1 aromatic carbocycles. The van der Waals surface area contributed by atoms with E-state index in [-0.39, 0.29) is 24.0 Å². The van der Waals surface area contributed by atoms with Crippen molar-refractivity contribution in [2.24, 2.45) is 4.99 Å². The summed E-state index contributed by atoms with van der Waals surface area (Å²) in [5, 5.41) is 7.50. The first-order valence-electron chi connectivity index (χ1n) is 8.33. The number of halogens is 1.